The molecule has 2 aliphatic rings. The number of hydrogen-bond acceptors (Lipinski definition) is 3. The van der Waals surface area contributed by atoms with Gasteiger partial charge in [-0.25, -0.2) is 4.79 Å². The third-order valence-electron chi connectivity index (χ3n) is 3.93. The molecule has 0 unspecified atom stereocenters. The second kappa shape index (κ2) is 6.59. The van der Waals surface area contributed by atoms with Gasteiger partial charge in [0, 0.05) is 37.7 Å². The number of aliphatic imine (C=N–C) groups is 1. The highest BCUT2D eigenvalue weighted by molar-refractivity contribution is 5.87. The Morgan fingerprint density at radius 2 is 1.75 bits per heavy atom. The predicted molar refractivity (Wildman–Crippen MR) is 81.3 cm³/mol. The lowest BCUT2D eigenvalue weighted by molar-refractivity contribution is 0.0249. The molecule has 114 valence electrons. The van der Waals surface area contributed by atoms with Crippen LogP contribution in [0.5, 0.6) is 0 Å². The van der Waals surface area contributed by atoms with E-state index in [1.165, 1.54) is 37.8 Å². The van der Waals surface area contributed by atoms with E-state index in [1.54, 1.807) is 0 Å². The standard InChI is InChI=1S/C16H28N2O2/c1-16(2,3)20-15(19)18-11-9-14(10-12-18)17-13-7-5-4-6-8-13/h13H,4-12H2,1-3H3. The van der Waals surface area contributed by atoms with Crippen LogP contribution in [0.1, 0.15) is 65.7 Å². The van der Waals surface area contributed by atoms with Crippen LogP contribution in [-0.2, 0) is 4.74 Å². The van der Waals surface area contributed by atoms with Crippen LogP contribution in [0, 0.1) is 0 Å². The van der Waals surface area contributed by atoms with E-state index in [0.29, 0.717) is 6.04 Å². The summed E-state index contributed by atoms with van der Waals surface area (Å²) in [7, 11) is 0. The highest BCUT2D eigenvalue weighted by atomic mass is 16.6. The minimum Gasteiger partial charge on any atom is -0.444 e. The summed E-state index contributed by atoms with van der Waals surface area (Å²) in [4.78, 5) is 18.7. The Morgan fingerprint density at radius 1 is 1.15 bits per heavy atom. The van der Waals surface area contributed by atoms with Gasteiger partial charge < -0.3 is 9.64 Å². The Hall–Kier alpha value is -1.06. The number of piperidine rings is 1. The van der Waals surface area contributed by atoms with Crippen molar-refractivity contribution in [2.24, 2.45) is 4.99 Å². The van der Waals surface area contributed by atoms with E-state index in [-0.39, 0.29) is 6.09 Å². The van der Waals surface area contributed by atoms with E-state index >= 15 is 0 Å². The first-order valence-corrected chi connectivity index (χ1v) is 7.97. The Balaban J connectivity index is 1.79. The van der Waals surface area contributed by atoms with Gasteiger partial charge in [0.15, 0.2) is 0 Å². The Morgan fingerprint density at radius 3 is 2.30 bits per heavy atom. The van der Waals surface area contributed by atoms with Crippen molar-refractivity contribution < 1.29 is 9.53 Å². The molecular weight excluding hydrogens is 252 g/mol. The van der Waals surface area contributed by atoms with Crippen LogP contribution in [0.25, 0.3) is 0 Å². The fraction of sp³-hybridized carbons (Fsp3) is 0.875. The number of nitrogens with zero attached hydrogens (tertiary/aromatic N) is 2. The first kappa shape index (κ1) is 15.3. The van der Waals surface area contributed by atoms with E-state index in [9.17, 15) is 4.79 Å². The molecule has 0 bridgehead atoms. The maximum Gasteiger partial charge on any atom is 0.410 e. The molecule has 0 aromatic carbocycles. The lowest BCUT2D eigenvalue weighted by atomic mass is 9.95. The fourth-order valence-electron chi connectivity index (χ4n) is 2.87. The van der Waals surface area contributed by atoms with Gasteiger partial charge in [0.2, 0.25) is 0 Å². The van der Waals surface area contributed by atoms with Crippen molar-refractivity contribution >= 4 is 11.8 Å². The lowest BCUT2D eigenvalue weighted by Gasteiger charge is -2.31. The molecule has 0 radical (unpaired) electrons. The van der Waals surface area contributed by atoms with E-state index in [0.717, 1.165) is 25.9 Å². The Bertz CT molecular complexity index is 355. The van der Waals surface area contributed by atoms with Crippen LogP contribution in [0.15, 0.2) is 4.99 Å². The molecule has 1 saturated heterocycles. The van der Waals surface area contributed by atoms with Gasteiger partial charge in [-0.2, -0.15) is 0 Å². The van der Waals surface area contributed by atoms with Gasteiger partial charge in [-0.1, -0.05) is 19.3 Å². The number of rotatable bonds is 1. The van der Waals surface area contributed by atoms with Gasteiger partial charge in [-0.15, -0.1) is 0 Å². The smallest absolute Gasteiger partial charge is 0.410 e. The predicted octanol–water partition coefficient (Wildman–Crippen LogP) is 3.79. The zero-order valence-electron chi connectivity index (χ0n) is 13.2. The zero-order chi connectivity index (χ0) is 14.6. The molecule has 0 atom stereocenters. The van der Waals surface area contributed by atoms with Crippen LogP contribution >= 0.6 is 0 Å². The molecule has 4 nitrogen and oxygen atoms in total. The lowest BCUT2D eigenvalue weighted by Crippen LogP contribution is -2.42. The van der Waals surface area contributed by atoms with Crippen LogP contribution in [0.4, 0.5) is 4.79 Å². The van der Waals surface area contributed by atoms with Crippen molar-refractivity contribution in [2.45, 2.75) is 77.4 Å². The third-order valence-corrected chi connectivity index (χ3v) is 3.93. The van der Waals surface area contributed by atoms with Crippen molar-refractivity contribution in [2.75, 3.05) is 13.1 Å². The normalized spacial score (nSPS) is 21.8. The molecule has 2 rings (SSSR count). The van der Waals surface area contributed by atoms with E-state index in [4.69, 9.17) is 9.73 Å². The molecule has 20 heavy (non-hydrogen) atoms. The number of hydrogen-bond donors (Lipinski definition) is 0. The summed E-state index contributed by atoms with van der Waals surface area (Å²) >= 11 is 0. The second-order valence-corrected chi connectivity index (χ2v) is 6.95. The SMILES string of the molecule is CC(C)(C)OC(=O)N1CCC(=NC2CCCCC2)CC1. The maximum absolute atomic E-state index is 12.0. The number of carbonyl (C=O) groups excluding carboxylic acids is 1. The molecule has 4 heteroatoms. The summed E-state index contributed by atoms with van der Waals surface area (Å²) in [5.74, 6) is 0. The average molecular weight is 280 g/mol. The molecule has 2 fully saturated rings. The molecule has 1 amide bonds. The summed E-state index contributed by atoms with van der Waals surface area (Å²) in [5, 5.41) is 0. The quantitative estimate of drug-likeness (QED) is 0.733. The minimum absolute atomic E-state index is 0.186. The third kappa shape index (κ3) is 4.80. The van der Waals surface area contributed by atoms with Crippen LogP contribution < -0.4 is 0 Å². The topological polar surface area (TPSA) is 41.9 Å². The second-order valence-electron chi connectivity index (χ2n) is 6.95. The largest absolute Gasteiger partial charge is 0.444 e. The van der Waals surface area contributed by atoms with Gasteiger partial charge in [0.1, 0.15) is 5.60 Å². The highest BCUT2D eigenvalue weighted by Crippen LogP contribution is 2.22. The zero-order valence-corrected chi connectivity index (χ0v) is 13.2. The summed E-state index contributed by atoms with van der Waals surface area (Å²) in [6.45, 7) is 7.22. The van der Waals surface area contributed by atoms with E-state index < -0.39 is 5.60 Å². The molecule has 1 aliphatic carbocycles. The van der Waals surface area contributed by atoms with Crippen molar-refractivity contribution in [1.29, 1.82) is 0 Å². The molecule has 1 aliphatic heterocycles. The summed E-state index contributed by atoms with van der Waals surface area (Å²) in [6, 6.07) is 0.548. The van der Waals surface area contributed by atoms with Gasteiger partial charge >= 0.3 is 6.09 Å². The number of amides is 1. The van der Waals surface area contributed by atoms with Crippen LogP contribution in [0.3, 0.4) is 0 Å². The van der Waals surface area contributed by atoms with Gasteiger partial charge in [-0.3, -0.25) is 4.99 Å². The molecule has 0 aromatic rings. The average Bonchev–Trinajstić information content (AvgIpc) is 2.39. The maximum atomic E-state index is 12.0. The fourth-order valence-corrected chi connectivity index (χ4v) is 2.87. The number of carbonyl (C=O) groups is 1. The van der Waals surface area contributed by atoms with Crippen LogP contribution in [0.2, 0.25) is 0 Å². The van der Waals surface area contributed by atoms with E-state index in [2.05, 4.69) is 0 Å². The first-order chi connectivity index (χ1) is 9.44. The van der Waals surface area contributed by atoms with Crippen molar-refractivity contribution in [1.82, 2.24) is 4.90 Å². The monoisotopic (exact) mass is 280 g/mol. The molecule has 0 N–H and O–H groups in total. The summed E-state index contributed by atoms with van der Waals surface area (Å²) < 4.78 is 5.41. The highest BCUT2D eigenvalue weighted by Gasteiger charge is 2.25. The van der Waals surface area contributed by atoms with Crippen molar-refractivity contribution in [3.05, 3.63) is 0 Å². The van der Waals surface area contributed by atoms with Crippen molar-refractivity contribution in [3.8, 4) is 0 Å². The minimum atomic E-state index is -0.409. The van der Waals surface area contributed by atoms with E-state index in [1.807, 2.05) is 25.7 Å². The number of likely N-dealkylation sites (tertiary alicyclic amines) is 1. The first-order valence-electron chi connectivity index (χ1n) is 7.97. The van der Waals surface area contributed by atoms with Gasteiger partial charge in [0.25, 0.3) is 0 Å². The number of ether oxygens (including phenoxy) is 1. The van der Waals surface area contributed by atoms with Gasteiger partial charge in [0.05, 0.1) is 0 Å². The molecule has 0 aromatic heterocycles. The Labute approximate surface area is 122 Å². The van der Waals surface area contributed by atoms with Crippen LogP contribution in [-0.4, -0.2) is 41.4 Å². The van der Waals surface area contributed by atoms with Gasteiger partial charge in [-0.05, 0) is 33.6 Å². The molecule has 1 heterocycles. The summed E-state index contributed by atoms with van der Waals surface area (Å²) in [5.41, 5.74) is 0.893. The Kier molecular flexibility index (Phi) is 5.06. The van der Waals surface area contributed by atoms with Crippen molar-refractivity contribution in [3.63, 3.8) is 0 Å². The molecule has 0 spiro atoms. The summed E-state index contributed by atoms with van der Waals surface area (Å²) in [6.07, 6.45) is 8.16. The molecule has 1 saturated carbocycles. The molecular formula is C16H28N2O2.